The van der Waals surface area contributed by atoms with E-state index in [1.807, 2.05) is 6.92 Å². The van der Waals surface area contributed by atoms with Crippen LogP contribution < -0.4 is 11.3 Å². The molecule has 2 aromatic rings. The van der Waals surface area contributed by atoms with E-state index in [1.165, 1.54) is 0 Å². The summed E-state index contributed by atoms with van der Waals surface area (Å²) in [6.45, 7) is 2.40. The molecule has 0 radical (unpaired) electrons. The number of fused-ring (bicyclic) bond motifs is 1. The molecule has 2 aromatic heterocycles. The van der Waals surface area contributed by atoms with Crippen molar-refractivity contribution in [3.05, 3.63) is 35.0 Å². The van der Waals surface area contributed by atoms with E-state index < -0.39 is 0 Å². The Labute approximate surface area is 80.8 Å². The lowest BCUT2D eigenvalue weighted by Gasteiger charge is -2.08. The summed E-state index contributed by atoms with van der Waals surface area (Å²) in [5.74, 6) is 0. The summed E-state index contributed by atoms with van der Waals surface area (Å²) in [5, 5.41) is 3.97. The minimum Gasteiger partial charge on any atom is -0.326 e. The Balaban J connectivity index is 2.57. The van der Waals surface area contributed by atoms with Crippen LogP contribution in [0.25, 0.3) is 5.52 Å². The van der Waals surface area contributed by atoms with Gasteiger partial charge in [0, 0.05) is 25.0 Å². The smallest absolute Gasteiger partial charge is 0.276 e. The van der Waals surface area contributed by atoms with Gasteiger partial charge in [0.25, 0.3) is 5.56 Å². The average molecular weight is 192 g/mol. The zero-order valence-electron chi connectivity index (χ0n) is 7.92. The topological polar surface area (TPSA) is 65.3 Å². The third kappa shape index (κ3) is 1.42. The van der Waals surface area contributed by atoms with Gasteiger partial charge in [-0.2, -0.15) is 5.10 Å². The second-order valence-electron chi connectivity index (χ2n) is 3.39. The van der Waals surface area contributed by atoms with Crippen LogP contribution in [0.4, 0.5) is 0 Å². The second kappa shape index (κ2) is 3.26. The van der Waals surface area contributed by atoms with Crippen molar-refractivity contribution in [3.63, 3.8) is 0 Å². The maximum atomic E-state index is 11.8. The molecule has 0 amide bonds. The third-order valence-corrected chi connectivity index (χ3v) is 2.02. The van der Waals surface area contributed by atoms with Gasteiger partial charge in [0.1, 0.15) is 5.52 Å². The van der Waals surface area contributed by atoms with Gasteiger partial charge in [0.2, 0.25) is 0 Å². The van der Waals surface area contributed by atoms with Crippen molar-refractivity contribution in [2.75, 3.05) is 0 Å². The molecule has 2 heterocycles. The maximum Gasteiger partial charge on any atom is 0.276 e. The highest BCUT2D eigenvalue weighted by Gasteiger charge is 2.03. The average Bonchev–Trinajstić information content (AvgIpc) is 2.57. The summed E-state index contributed by atoms with van der Waals surface area (Å²) in [6, 6.07) is 1.66. The van der Waals surface area contributed by atoms with Crippen LogP contribution in [0.1, 0.15) is 6.92 Å². The lowest BCUT2D eigenvalue weighted by molar-refractivity contribution is 0.571. The van der Waals surface area contributed by atoms with E-state index in [4.69, 9.17) is 5.73 Å². The lowest BCUT2D eigenvalue weighted by atomic mass is 10.3. The molecule has 1 atom stereocenters. The zero-order valence-corrected chi connectivity index (χ0v) is 7.92. The van der Waals surface area contributed by atoms with Gasteiger partial charge in [-0.15, -0.1) is 0 Å². The summed E-state index contributed by atoms with van der Waals surface area (Å²) in [6.07, 6.45) is 5.05. The van der Waals surface area contributed by atoms with Crippen LogP contribution in [0.3, 0.4) is 0 Å². The van der Waals surface area contributed by atoms with Crippen LogP contribution in [0.2, 0.25) is 0 Å². The molecular weight excluding hydrogens is 180 g/mol. The molecule has 0 bridgehead atoms. The monoisotopic (exact) mass is 192 g/mol. The molecule has 2 N–H and O–H groups in total. The highest BCUT2D eigenvalue weighted by Crippen LogP contribution is 1.94. The van der Waals surface area contributed by atoms with Crippen LogP contribution >= 0.6 is 0 Å². The zero-order chi connectivity index (χ0) is 10.1. The van der Waals surface area contributed by atoms with Gasteiger partial charge in [0.05, 0.1) is 6.20 Å². The quantitative estimate of drug-likeness (QED) is 0.719. The Kier molecular flexibility index (Phi) is 2.09. The molecule has 14 heavy (non-hydrogen) atoms. The SMILES string of the molecule is C[C@H](N)Cn1ccn2nccc2c1=O. The second-order valence-corrected chi connectivity index (χ2v) is 3.39. The third-order valence-electron chi connectivity index (χ3n) is 2.02. The Hall–Kier alpha value is -1.62. The largest absolute Gasteiger partial charge is 0.326 e. The summed E-state index contributed by atoms with van der Waals surface area (Å²) in [4.78, 5) is 11.8. The molecule has 74 valence electrons. The number of aromatic nitrogens is 3. The molecule has 0 saturated carbocycles. The molecule has 5 heteroatoms. The predicted octanol–water partition coefficient (Wildman–Crippen LogP) is -0.157. The Morgan fingerprint density at radius 3 is 3.07 bits per heavy atom. The predicted molar refractivity (Wildman–Crippen MR) is 53.1 cm³/mol. The summed E-state index contributed by atoms with van der Waals surface area (Å²) in [7, 11) is 0. The molecule has 0 aliphatic carbocycles. The minimum absolute atomic E-state index is 0.0296. The van der Waals surface area contributed by atoms with E-state index >= 15 is 0 Å². The van der Waals surface area contributed by atoms with Crippen molar-refractivity contribution in [1.29, 1.82) is 0 Å². The molecule has 0 aliphatic heterocycles. The van der Waals surface area contributed by atoms with Gasteiger partial charge in [0.15, 0.2) is 0 Å². The molecule has 0 aliphatic rings. The molecule has 5 nitrogen and oxygen atoms in total. The Bertz CT molecular complexity index is 497. The first-order chi connectivity index (χ1) is 6.68. The van der Waals surface area contributed by atoms with Crippen LogP contribution in [0, 0.1) is 0 Å². The van der Waals surface area contributed by atoms with E-state index in [9.17, 15) is 4.79 Å². The first-order valence-corrected chi connectivity index (χ1v) is 4.47. The number of hydrogen-bond donors (Lipinski definition) is 1. The van der Waals surface area contributed by atoms with E-state index in [-0.39, 0.29) is 11.6 Å². The fraction of sp³-hybridized carbons (Fsp3) is 0.333. The van der Waals surface area contributed by atoms with Crippen molar-refractivity contribution in [1.82, 2.24) is 14.2 Å². The van der Waals surface area contributed by atoms with Crippen molar-refractivity contribution >= 4 is 5.52 Å². The highest BCUT2D eigenvalue weighted by atomic mass is 16.1. The first kappa shape index (κ1) is 8.96. The van der Waals surface area contributed by atoms with Crippen molar-refractivity contribution in [3.8, 4) is 0 Å². The molecule has 2 rings (SSSR count). The fourth-order valence-corrected chi connectivity index (χ4v) is 1.41. The van der Waals surface area contributed by atoms with Crippen LogP contribution in [0.15, 0.2) is 29.5 Å². The normalized spacial score (nSPS) is 13.3. The van der Waals surface area contributed by atoms with Crippen LogP contribution in [0.5, 0.6) is 0 Å². The van der Waals surface area contributed by atoms with Gasteiger partial charge in [-0.25, -0.2) is 4.52 Å². The molecule has 0 aromatic carbocycles. The number of hydrogen-bond acceptors (Lipinski definition) is 3. The summed E-state index contributed by atoms with van der Waals surface area (Å²) >= 11 is 0. The maximum absolute atomic E-state index is 11.8. The van der Waals surface area contributed by atoms with E-state index in [0.717, 1.165) is 0 Å². The first-order valence-electron chi connectivity index (χ1n) is 4.47. The van der Waals surface area contributed by atoms with Gasteiger partial charge >= 0.3 is 0 Å². The molecule has 0 unspecified atom stereocenters. The van der Waals surface area contributed by atoms with Crippen molar-refractivity contribution in [2.45, 2.75) is 19.5 Å². The van der Waals surface area contributed by atoms with E-state index in [2.05, 4.69) is 5.10 Å². The summed E-state index contributed by atoms with van der Waals surface area (Å²) in [5.41, 5.74) is 6.15. The van der Waals surface area contributed by atoms with E-state index in [1.54, 1.807) is 33.7 Å². The fourth-order valence-electron chi connectivity index (χ4n) is 1.41. The van der Waals surface area contributed by atoms with Gasteiger partial charge in [-0.3, -0.25) is 4.79 Å². The number of nitrogens with two attached hydrogens (primary N) is 1. The Morgan fingerprint density at radius 1 is 1.57 bits per heavy atom. The Morgan fingerprint density at radius 2 is 2.36 bits per heavy atom. The number of rotatable bonds is 2. The lowest BCUT2D eigenvalue weighted by Crippen LogP contribution is -2.30. The van der Waals surface area contributed by atoms with E-state index in [0.29, 0.717) is 12.1 Å². The van der Waals surface area contributed by atoms with Crippen LogP contribution in [-0.4, -0.2) is 20.2 Å². The van der Waals surface area contributed by atoms with Crippen molar-refractivity contribution < 1.29 is 0 Å². The van der Waals surface area contributed by atoms with Gasteiger partial charge in [-0.1, -0.05) is 0 Å². The molecule has 0 saturated heterocycles. The van der Waals surface area contributed by atoms with Gasteiger partial charge < -0.3 is 10.3 Å². The van der Waals surface area contributed by atoms with Gasteiger partial charge in [-0.05, 0) is 13.0 Å². The number of nitrogens with zero attached hydrogens (tertiary/aromatic N) is 3. The van der Waals surface area contributed by atoms with Crippen LogP contribution in [-0.2, 0) is 6.54 Å². The standard InChI is InChI=1S/C9H12N4O/c1-7(10)6-12-4-5-13-8(9(12)14)2-3-11-13/h2-5,7H,6,10H2,1H3/t7-/m0/s1. The van der Waals surface area contributed by atoms with Crippen molar-refractivity contribution in [2.24, 2.45) is 5.73 Å². The molecule has 0 fully saturated rings. The molecule has 0 spiro atoms. The summed E-state index contributed by atoms with van der Waals surface area (Å²) < 4.78 is 3.15. The highest BCUT2D eigenvalue weighted by molar-refractivity contribution is 5.42. The molecular formula is C9H12N4O. The minimum atomic E-state index is -0.0534.